The zero-order valence-corrected chi connectivity index (χ0v) is 14.1. The predicted octanol–water partition coefficient (Wildman–Crippen LogP) is 0.706. The number of nitrogens with one attached hydrogen (secondary N) is 1. The fraction of sp³-hybridized carbons (Fsp3) is 0.353. The third-order valence-corrected chi connectivity index (χ3v) is 4.00. The van der Waals surface area contributed by atoms with Crippen molar-refractivity contribution in [2.45, 2.75) is 13.5 Å². The predicted molar refractivity (Wildman–Crippen MR) is 91.9 cm³/mol. The zero-order valence-electron chi connectivity index (χ0n) is 14.1. The van der Waals surface area contributed by atoms with Gasteiger partial charge in [0.15, 0.2) is 0 Å². The Morgan fingerprint density at radius 3 is 2.76 bits per heavy atom. The third kappa shape index (κ3) is 4.28. The smallest absolute Gasteiger partial charge is 0.272 e. The molecule has 0 aromatic carbocycles. The van der Waals surface area contributed by atoms with Gasteiger partial charge in [-0.2, -0.15) is 0 Å². The van der Waals surface area contributed by atoms with Gasteiger partial charge in [0.25, 0.3) is 5.91 Å². The van der Waals surface area contributed by atoms with Crippen molar-refractivity contribution in [2.75, 3.05) is 31.5 Å². The summed E-state index contributed by atoms with van der Waals surface area (Å²) in [6, 6.07) is 5.50. The first-order valence-electron chi connectivity index (χ1n) is 8.13. The van der Waals surface area contributed by atoms with Crippen molar-refractivity contribution < 1.29 is 9.59 Å². The van der Waals surface area contributed by atoms with E-state index in [9.17, 15) is 9.59 Å². The van der Waals surface area contributed by atoms with E-state index in [2.05, 4.69) is 20.3 Å². The van der Waals surface area contributed by atoms with Gasteiger partial charge in [0, 0.05) is 51.2 Å². The SMILES string of the molecule is Cc1nc(NCc2cccnc2)cc(C(=O)N2CCN(C=O)CC2)n1. The Morgan fingerprint density at radius 1 is 1.28 bits per heavy atom. The van der Waals surface area contributed by atoms with Gasteiger partial charge in [-0.3, -0.25) is 14.6 Å². The minimum Gasteiger partial charge on any atom is -0.366 e. The second-order valence-electron chi connectivity index (χ2n) is 5.83. The molecule has 1 N–H and O–H groups in total. The molecule has 25 heavy (non-hydrogen) atoms. The molecule has 0 unspecified atom stereocenters. The summed E-state index contributed by atoms with van der Waals surface area (Å²) in [5.41, 5.74) is 1.39. The molecule has 8 heteroatoms. The van der Waals surface area contributed by atoms with E-state index >= 15 is 0 Å². The van der Waals surface area contributed by atoms with Crippen LogP contribution in [0.4, 0.5) is 5.82 Å². The van der Waals surface area contributed by atoms with E-state index in [4.69, 9.17) is 0 Å². The van der Waals surface area contributed by atoms with E-state index < -0.39 is 0 Å². The lowest BCUT2D eigenvalue weighted by Gasteiger charge is -2.32. The van der Waals surface area contributed by atoms with Gasteiger partial charge in [0.1, 0.15) is 17.3 Å². The van der Waals surface area contributed by atoms with Crippen LogP contribution in [0.15, 0.2) is 30.6 Å². The van der Waals surface area contributed by atoms with Gasteiger partial charge >= 0.3 is 0 Å². The third-order valence-electron chi connectivity index (χ3n) is 4.00. The monoisotopic (exact) mass is 340 g/mol. The first kappa shape index (κ1) is 16.8. The molecule has 0 aliphatic carbocycles. The highest BCUT2D eigenvalue weighted by molar-refractivity contribution is 5.93. The lowest BCUT2D eigenvalue weighted by atomic mass is 10.2. The van der Waals surface area contributed by atoms with E-state index in [0.29, 0.717) is 50.1 Å². The van der Waals surface area contributed by atoms with Crippen molar-refractivity contribution >= 4 is 18.1 Å². The molecule has 3 heterocycles. The first-order chi connectivity index (χ1) is 12.2. The molecule has 0 saturated carbocycles. The van der Waals surface area contributed by atoms with Crippen LogP contribution in [0.1, 0.15) is 21.9 Å². The van der Waals surface area contributed by atoms with Crippen LogP contribution in [0, 0.1) is 6.92 Å². The summed E-state index contributed by atoms with van der Waals surface area (Å²) in [6.07, 6.45) is 4.32. The minimum atomic E-state index is -0.138. The molecule has 3 rings (SSSR count). The fourth-order valence-corrected chi connectivity index (χ4v) is 2.66. The number of carbonyl (C=O) groups excluding carboxylic acids is 2. The average Bonchev–Trinajstić information content (AvgIpc) is 2.66. The number of aryl methyl sites for hydroxylation is 1. The molecule has 0 spiro atoms. The Bertz CT molecular complexity index is 744. The zero-order chi connectivity index (χ0) is 17.6. The van der Waals surface area contributed by atoms with Gasteiger partial charge in [0.2, 0.25) is 6.41 Å². The summed E-state index contributed by atoms with van der Waals surface area (Å²) in [4.78, 5) is 39.5. The van der Waals surface area contributed by atoms with Crippen LogP contribution in [0.3, 0.4) is 0 Å². The number of piperazine rings is 1. The minimum absolute atomic E-state index is 0.138. The molecule has 1 saturated heterocycles. The summed E-state index contributed by atoms with van der Waals surface area (Å²) in [5, 5.41) is 3.20. The molecule has 2 aromatic rings. The second-order valence-corrected chi connectivity index (χ2v) is 5.83. The molecule has 0 bridgehead atoms. The molecule has 8 nitrogen and oxygen atoms in total. The van der Waals surface area contributed by atoms with Gasteiger partial charge in [-0.05, 0) is 18.6 Å². The number of rotatable bonds is 5. The summed E-state index contributed by atoms with van der Waals surface area (Å²) in [5.74, 6) is 0.998. The molecule has 2 aromatic heterocycles. The summed E-state index contributed by atoms with van der Waals surface area (Å²) in [6.45, 7) is 4.45. The van der Waals surface area contributed by atoms with Crippen molar-refractivity contribution in [3.63, 3.8) is 0 Å². The second kappa shape index (κ2) is 7.69. The first-order valence-corrected chi connectivity index (χ1v) is 8.13. The van der Waals surface area contributed by atoms with Crippen LogP contribution in [-0.4, -0.2) is 63.2 Å². The van der Waals surface area contributed by atoms with Crippen LogP contribution in [0.25, 0.3) is 0 Å². The van der Waals surface area contributed by atoms with Gasteiger partial charge in [-0.15, -0.1) is 0 Å². The molecule has 130 valence electrons. The number of carbonyl (C=O) groups is 2. The lowest BCUT2D eigenvalue weighted by Crippen LogP contribution is -2.48. The lowest BCUT2D eigenvalue weighted by molar-refractivity contribution is -0.119. The Morgan fingerprint density at radius 2 is 2.08 bits per heavy atom. The maximum atomic E-state index is 12.7. The maximum Gasteiger partial charge on any atom is 0.272 e. The molecule has 1 aliphatic heterocycles. The van der Waals surface area contributed by atoms with Gasteiger partial charge in [-0.25, -0.2) is 9.97 Å². The highest BCUT2D eigenvalue weighted by atomic mass is 16.2. The molecule has 1 fully saturated rings. The number of nitrogens with zero attached hydrogens (tertiary/aromatic N) is 5. The largest absolute Gasteiger partial charge is 0.366 e. The molecular weight excluding hydrogens is 320 g/mol. The summed E-state index contributed by atoms with van der Waals surface area (Å²) < 4.78 is 0. The van der Waals surface area contributed by atoms with Gasteiger partial charge < -0.3 is 15.1 Å². The topological polar surface area (TPSA) is 91.3 Å². The molecular formula is C17H20N6O2. The maximum absolute atomic E-state index is 12.7. The molecule has 1 aliphatic rings. The summed E-state index contributed by atoms with van der Waals surface area (Å²) in [7, 11) is 0. The highest BCUT2D eigenvalue weighted by Crippen LogP contribution is 2.12. The quantitative estimate of drug-likeness (QED) is 0.806. The van der Waals surface area contributed by atoms with E-state index in [1.807, 2.05) is 12.1 Å². The highest BCUT2D eigenvalue weighted by Gasteiger charge is 2.23. The normalized spacial score (nSPS) is 14.3. The Kier molecular flexibility index (Phi) is 5.17. The van der Waals surface area contributed by atoms with E-state index in [-0.39, 0.29) is 5.91 Å². The van der Waals surface area contributed by atoms with Crippen molar-refractivity contribution in [3.05, 3.63) is 47.7 Å². The standard InChI is InChI=1S/C17H20N6O2/c1-13-20-15(17(25)23-7-5-22(12-24)6-8-23)9-16(21-13)19-11-14-3-2-4-18-10-14/h2-4,9-10,12H,5-8,11H2,1H3,(H,19,20,21). The van der Waals surface area contributed by atoms with Gasteiger partial charge in [-0.1, -0.05) is 6.07 Å². The average molecular weight is 340 g/mol. The Labute approximate surface area is 145 Å². The number of hydrogen-bond acceptors (Lipinski definition) is 6. The number of pyridine rings is 1. The molecule has 2 amide bonds. The van der Waals surface area contributed by atoms with E-state index in [1.54, 1.807) is 35.2 Å². The van der Waals surface area contributed by atoms with E-state index in [0.717, 1.165) is 12.0 Å². The summed E-state index contributed by atoms with van der Waals surface area (Å²) >= 11 is 0. The van der Waals surface area contributed by atoms with Gasteiger partial charge in [0.05, 0.1) is 0 Å². The number of amides is 2. The number of hydrogen-bond donors (Lipinski definition) is 1. The number of aromatic nitrogens is 3. The van der Waals surface area contributed by atoms with Crippen molar-refractivity contribution in [2.24, 2.45) is 0 Å². The Balaban J connectivity index is 1.68. The number of anilines is 1. The molecule has 0 radical (unpaired) electrons. The van der Waals surface area contributed by atoms with Crippen molar-refractivity contribution in [1.29, 1.82) is 0 Å². The van der Waals surface area contributed by atoms with Crippen molar-refractivity contribution in [1.82, 2.24) is 24.8 Å². The van der Waals surface area contributed by atoms with Crippen LogP contribution in [0.2, 0.25) is 0 Å². The van der Waals surface area contributed by atoms with Crippen molar-refractivity contribution in [3.8, 4) is 0 Å². The fourth-order valence-electron chi connectivity index (χ4n) is 2.66. The van der Waals surface area contributed by atoms with E-state index in [1.165, 1.54) is 0 Å². The van der Waals surface area contributed by atoms with Crippen LogP contribution in [0.5, 0.6) is 0 Å². The van der Waals surface area contributed by atoms with Crippen LogP contribution < -0.4 is 5.32 Å². The van der Waals surface area contributed by atoms with Crippen LogP contribution >= 0.6 is 0 Å². The Hall–Kier alpha value is -3.03. The van der Waals surface area contributed by atoms with Crippen LogP contribution in [-0.2, 0) is 11.3 Å². The molecule has 0 atom stereocenters.